The highest BCUT2D eigenvalue weighted by Crippen LogP contribution is 2.31. The summed E-state index contributed by atoms with van der Waals surface area (Å²) in [5.74, 6) is 0.116. The molecule has 0 aliphatic heterocycles. The Hall–Kier alpha value is -4.33. The van der Waals surface area contributed by atoms with Gasteiger partial charge in [0.05, 0.1) is 24.3 Å². The lowest BCUT2D eigenvalue weighted by atomic mass is 9.96. The van der Waals surface area contributed by atoms with Gasteiger partial charge in [-0.1, -0.05) is 43.0 Å². The fraction of sp³-hybridized carbons (Fsp3) is 0.194. The number of rotatable bonds is 12. The summed E-state index contributed by atoms with van der Waals surface area (Å²) < 4.78 is 16.9. The second-order valence-electron chi connectivity index (χ2n) is 8.58. The molecular formula is C31H30N2O5. The third-order valence-electron chi connectivity index (χ3n) is 5.89. The molecule has 2 aromatic heterocycles. The van der Waals surface area contributed by atoms with E-state index in [0.717, 1.165) is 33.2 Å². The Kier molecular flexibility index (Phi) is 9.34. The van der Waals surface area contributed by atoms with Crippen LogP contribution in [-0.2, 0) is 9.47 Å². The maximum atomic E-state index is 13.0. The number of pyridine rings is 2. The fourth-order valence-electron chi connectivity index (χ4n) is 4.07. The van der Waals surface area contributed by atoms with Crippen LogP contribution in [0.1, 0.15) is 34.0 Å². The summed E-state index contributed by atoms with van der Waals surface area (Å²) in [5.41, 5.74) is 4.60. The molecule has 4 aromatic rings. The number of carbonyl (C=O) groups excluding carboxylic acids is 1. The van der Waals surface area contributed by atoms with Gasteiger partial charge in [-0.3, -0.25) is 9.97 Å². The summed E-state index contributed by atoms with van der Waals surface area (Å²) in [4.78, 5) is 21.6. The number of fused-ring (bicyclic) bond motifs is 1. The topological polar surface area (TPSA) is 90.8 Å². The maximum Gasteiger partial charge on any atom is 0.338 e. The van der Waals surface area contributed by atoms with Crippen molar-refractivity contribution in [2.24, 2.45) is 0 Å². The van der Waals surface area contributed by atoms with Gasteiger partial charge in [-0.15, -0.1) is 0 Å². The number of nitrogens with zero attached hydrogens (tertiary/aromatic N) is 2. The van der Waals surface area contributed by atoms with Crippen molar-refractivity contribution in [2.45, 2.75) is 12.5 Å². The first kappa shape index (κ1) is 26.7. The van der Waals surface area contributed by atoms with Crippen LogP contribution in [0.3, 0.4) is 0 Å². The molecule has 0 radical (unpaired) electrons. The second kappa shape index (κ2) is 13.3. The highest BCUT2D eigenvalue weighted by molar-refractivity contribution is 5.89. The van der Waals surface area contributed by atoms with E-state index in [4.69, 9.17) is 19.3 Å². The number of carbonyl (C=O) groups is 1. The first-order valence-electron chi connectivity index (χ1n) is 12.3. The van der Waals surface area contributed by atoms with Crippen molar-refractivity contribution in [3.05, 3.63) is 120 Å². The lowest BCUT2D eigenvalue weighted by Crippen LogP contribution is -2.12. The van der Waals surface area contributed by atoms with Crippen LogP contribution in [0.15, 0.2) is 104 Å². The Labute approximate surface area is 222 Å². The number of aliphatic hydroxyl groups is 1. The van der Waals surface area contributed by atoms with Crippen molar-refractivity contribution in [2.75, 3.05) is 26.9 Å². The summed E-state index contributed by atoms with van der Waals surface area (Å²) in [6, 6.07) is 20.5. The van der Waals surface area contributed by atoms with Crippen LogP contribution in [0.25, 0.3) is 16.5 Å². The van der Waals surface area contributed by atoms with E-state index in [-0.39, 0.29) is 13.2 Å². The summed E-state index contributed by atoms with van der Waals surface area (Å²) in [7, 11) is 1.62. The van der Waals surface area contributed by atoms with E-state index in [2.05, 4.69) is 22.6 Å². The van der Waals surface area contributed by atoms with Crippen molar-refractivity contribution >= 4 is 22.4 Å². The molecule has 0 saturated carbocycles. The number of hydrogen-bond donors (Lipinski definition) is 1. The summed E-state index contributed by atoms with van der Waals surface area (Å²) in [6.45, 7) is 4.64. The monoisotopic (exact) mass is 510 g/mol. The first-order valence-corrected chi connectivity index (χ1v) is 12.3. The van der Waals surface area contributed by atoms with Crippen LogP contribution in [0.2, 0.25) is 0 Å². The van der Waals surface area contributed by atoms with Gasteiger partial charge in [0.2, 0.25) is 0 Å². The molecule has 0 bridgehead atoms. The smallest absolute Gasteiger partial charge is 0.338 e. The highest BCUT2D eigenvalue weighted by Gasteiger charge is 2.19. The Morgan fingerprint density at radius 3 is 2.66 bits per heavy atom. The zero-order chi connectivity index (χ0) is 26.7. The van der Waals surface area contributed by atoms with E-state index in [1.165, 1.54) is 0 Å². The van der Waals surface area contributed by atoms with Gasteiger partial charge in [0, 0.05) is 43.1 Å². The minimum atomic E-state index is -0.618. The number of benzene rings is 2. The van der Waals surface area contributed by atoms with Gasteiger partial charge < -0.3 is 19.3 Å². The SMILES string of the molecule is C=C(COC)/C(=C/C[C@@H](OC(=O)c1ccncc1)c1cccc(OCCO)c1)c1cnc2ccccc2c1. The van der Waals surface area contributed by atoms with Gasteiger partial charge in [-0.2, -0.15) is 0 Å². The van der Waals surface area contributed by atoms with Crippen LogP contribution in [0.4, 0.5) is 0 Å². The molecule has 0 spiro atoms. The van der Waals surface area contributed by atoms with E-state index in [9.17, 15) is 4.79 Å². The average Bonchev–Trinajstić information content (AvgIpc) is 2.96. The van der Waals surface area contributed by atoms with Crippen molar-refractivity contribution in [3.8, 4) is 5.75 Å². The molecule has 2 aromatic carbocycles. The zero-order valence-electron chi connectivity index (χ0n) is 21.2. The van der Waals surface area contributed by atoms with Crippen molar-refractivity contribution < 1.29 is 24.1 Å². The normalized spacial score (nSPS) is 12.2. The quantitative estimate of drug-likeness (QED) is 0.197. The number of para-hydroxylation sites is 1. The first-order chi connectivity index (χ1) is 18.6. The van der Waals surface area contributed by atoms with Gasteiger partial charge in [-0.05, 0) is 53.1 Å². The van der Waals surface area contributed by atoms with Gasteiger partial charge in [0.25, 0.3) is 0 Å². The number of ether oxygens (including phenoxy) is 3. The minimum absolute atomic E-state index is 0.0990. The largest absolute Gasteiger partial charge is 0.491 e. The Balaban J connectivity index is 1.69. The molecule has 38 heavy (non-hydrogen) atoms. The van der Waals surface area contributed by atoms with Crippen LogP contribution in [0, 0.1) is 0 Å². The lowest BCUT2D eigenvalue weighted by molar-refractivity contribution is 0.0302. The number of hydrogen-bond acceptors (Lipinski definition) is 7. The van der Waals surface area contributed by atoms with Crippen molar-refractivity contribution in [3.63, 3.8) is 0 Å². The molecule has 7 nitrogen and oxygen atoms in total. The van der Waals surface area contributed by atoms with Gasteiger partial charge >= 0.3 is 5.97 Å². The molecule has 0 saturated heterocycles. The molecule has 2 heterocycles. The molecule has 0 aliphatic carbocycles. The molecule has 0 amide bonds. The third-order valence-corrected chi connectivity index (χ3v) is 5.89. The van der Waals surface area contributed by atoms with Gasteiger partial charge in [0.1, 0.15) is 18.5 Å². The standard InChI is InChI=1S/C31H30N2O5/c1-22(21-36-2)28(26-18-24-6-3-4-9-29(24)33-20-26)10-11-30(38-31(35)23-12-14-32-15-13-23)25-7-5-8-27(19-25)37-17-16-34/h3-10,12-15,18-20,30,34H,1,11,16-17,21H2,2H3/b28-10-/t30-/m1/s1. The number of methoxy groups -OCH3 is 1. The van der Waals surface area contributed by atoms with Crippen LogP contribution < -0.4 is 4.74 Å². The Bertz CT molecular complexity index is 1420. The van der Waals surface area contributed by atoms with Gasteiger partial charge in [0.15, 0.2) is 0 Å². The third kappa shape index (κ3) is 6.91. The van der Waals surface area contributed by atoms with Crippen molar-refractivity contribution in [1.29, 1.82) is 0 Å². The average molecular weight is 511 g/mol. The van der Waals surface area contributed by atoms with Crippen LogP contribution >= 0.6 is 0 Å². The number of esters is 1. The Morgan fingerprint density at radius 2 is 1.87 bits per heavy atom. The molecule has 0 aliphatic rings. The van der Waals surface area contributed by atoms with E-state index in [1.54, 1.807) is 37.7 Å². The minimum Gasteiger partial charge on any atom is -0.491 e. The summed E-state index contributed by atoms with van der Waals surface area (Å²) in [6.07, 6.45) is 6.66. The molecule has 194 valence electrons. The van der Waals surface area contributed by atoms with E-state index < -0.39 is 12.1 Å². The molecule has 0 fully saturated rings. The van der Waals surface area contributed by atoms with E-state index >= 15 is 0 Å². The highest BCUT2D eigenvalue weighted by atomic mass is 16.5. The number of aromatic nitrogens is 2. The summed E-state index contributed by atoms with van der Waals surface area (Å²) >= 11 is 0. The van der Waals surface area contributed by atoms with Crippen LogP contribution in [0.5, 0.6) is 5.75 Å². The predicted octanol–water partition coefficient (Wildman–Crippen LogP) is 5.58. The van der Waals surface area contributed by atoms with Crippen molar-refractivity contribution in [1.82, 2.24) is 9.97 Å². The predicted molar refractivity (Wildman–Crippen MR) is 147 cm³/mol. The molecule has 0 unspecified atom stereocenters. The number of aliphatic hydroxyl groups excluding tert-OH is 1. The molecule has 1 atom stereocenters. The van der Waals surface area contributed by atoms with Gasteiger partial charge in [-0.25, -0.2) is 4.79 Å². The summed E-state index contributed by atoms with van der Waals surface area (Å²) in [5, 5.41) is 10.1. The maximum absolute atomic E-state index is 13.0. The molecule has 1 N–H and O–H groups in total. The second-order valence-corrected chi connectivity index (χ2v) is 8.58. The van der Waals surface area contributed by atoms with E-state index in [1.807, 2.05) is 54.7 Å². The van der Waals surface area contributed by atoms with Crippen LogP contribution in [-0.4, -0.2) is 48.0 Å². The molecular weight excluding hydrogens is 480 g/mol. The van der Waals surface area contributed by atoms with E-state index in [0.29, 0.717) is 24.3 Å². The Morgan fingerprint density at radius 1 is 1.05 bits per heavy atom. The fourth-order valence-corrected chi connectivity index (χ4v) is 4.07. The molecule has 7 heteroatoms. The zero-order valence-corrected chi connectivity index (χ0v) is 21.2. The molecule has 4 rings (SSSR count). The lowest BCUT2D eigenvalue weighted by Gasteiger charge is -2.19.